The average molecular weight is 436 g/mol. The number of anilines is 1. The lowest BCUT2D eigenvalue weighted by atomic mass is 9.90. The zero-order valence-corrected chi connectivity index (χ0v) is 17.5. The number of carbonyl (C=O) groups excluding carboxylic acids is 1. The van der Waals surface area contributed by atoms with Crippen molar-refractivity contribution in [3.63, 3.8) is 0 Å². The highest BCUT2D eigenvalue weighted by Gasteiger charge is 2.28. The zero-order chi connectivity index (χ0) is 20.5. The molecule has 0 spiro atoms. The highest BCUT2D eigenvalue weighted by Crippen LogP contribution is 2.26. The van der Waals surface area contributed by atoms with E-state index in [2.05, 4.69) is 20.6 Å². The maximum atomic E-state index is 12.8. The summed E-state index contributed by atoms with van der Waals surface area (Å²) in [5.41, 5.74) is 2.80. The van der Waals surface area contributed by atoms with Crippen molar-refractivity contribution in [1.82, 2.24) is 20.2 Å². The number of aromatic nitrogens is 2. The van der Waals surface area contributed by atoms with Crippen LogP contribution in [0.5, 0.6) is 0 Å². The lowest BCUT2D eigenvalue weighted by molar-refractivity contribution is 0.0834. The number of nitrogens with zero attached hydrogens (tertiary/aromatic N) is 3. The molecule has 2 heterocycles. The number of benzene rings is 1. The third-order valence-electron chi connectivity index (χ3n) is 5.46. The van der Waals surface area contributed by atoms with Gasteiger partial charge in [0.2, 0.25) is 5.95 Å². The number of rotatable bonds is 4. The van der Waals surface area contributed by atoms with Gasteiger partial charge in [-0.2, -0.15) is 0 Å². The van der Waals surface area contributed by atoms with Crippen LogP contribution in [-0.4, -0.2) is 44.7 Å². The van der Waals surface area contributed by atoms with Gasteiger partial charge in [0.25, 0.3) is 0 Å². The van der Waals surface area contributed by atoms with Gasteiger partial charge in [0.1, 0.15) is 0 Å². The summed E-state index contributed by atoms with van der Waals surface area (Å²) >= 11 is 12.1. The van der Waals surface area contributed by atoms with E-state index in [-0.39, 0.29) is 24.2 Å². The number of amides is 2. The van der Waals surface area contributed by atoms with Crippen LogP contribution < -0.4 is 10.6 Å². The minimum Gasteiger partial charge on any atom is -0.393 e. The third kappa shape index (κ3) is 4.57. The first kappa shape index (κ1) is 20.2. The molecule has 2 aliphatic rings. The van der Waals surface area contributed by atoms with Crippen LogP contribution in [0.4, 0.5) is 10.7 Å². The van der Waals surface area contributed by atoms with E-state index >= 15 is 0 Å². The first-order valence-corrected chi connectivity index (χ1v) is 10.4. The number of aliphatic hydroxyl groups is 1. The molecule has 9 heteroatoms. The molecule has 1 unspecified atom stereocenters. The van der Waals surface area contributed by atoms with Gasteiger partial charge in [-0.25, -0.2) is 14.8 Å². The molecular formula is C20H23Cl2N5O2. The minimum atomic E-state index is -0.234. The number of halogens is 2. The normalized spacial score (nSPS) is 21.7. The fourth-order valence-corrected chi connectivity index (χ4v) is 3.88. The van der Waals surface area contributed by atoms with E-state index in [1.54, 1.807) is 17.0 Å². The van der Waals surface area contributed by atoms with Crippen molar-refractivity contribution in [2.24, 2.45) is 0 Å². The molecule has 1 atom stereocenters. The standard InChI is InChI=1S/C20H23Cl2N5O2/c1-11(12-2-3-16(21)17(22)6-12)24-20(29)27-5-4-13-9-23-19(26-18(13)10-27)25-14-7-15(28)8-14/h2-3,6,9,11,14-15,28H,4-5,7-8,10H2,1H3,(H,24,29)(H,23,25,26). The van der Waals surface area contributed by atoms with E-state index in [1.807, 2.05) is 19.2 Å². The molecule has 7 nitrogen and oxygen atoms in total. The van der Waals surface area contributed by atoms with Gasteiger partial charge in [-0.05, 0) is 49.4 Å². The summed E-state index contributed by atoms with van der Waals surface area (Å²) in [7, 11) is 0. The third-order valence-corrected chi connectivity index (χ3v) is 6.20. The maximum absolute atomic E-state index is 12.8. The van der Waals surface area contributed by atoms with Crippen molar-refractivity contribution in [2.75, 3.05) is 11.9 Å². The molecule has 0 radical (unpaired) electrons. The second-order valence-corrected chi connectivity index (χ2v) is 8.46. The largest absolute Gasteiger partial charge is 0.393 e. The number of aliphatic hydroxyl groups excluding tert-OH is 1. The Labute approximate surface area is 179 Å². The van der Waals surface area contributed by atoms with Crippen molar-refractivity contribution >= 4 is 35.2 Å². The van der Waals surface area contributed by atoms with Crippen molar-refractivity contribution in [3.8, 4) is 0 Å². The van der Waals surface area contributed by atoms with Gasteiger partial charge in [-0.3, -0.25) is 0 Å². The Kier molecular flexibility index (Phi) is 5.81. The van der Waals surface area contributed by atoms with Gasteiger partial charge in [0, 0.05) is 18.8 Å². The van der Waals surface area contributed by atoms with Crippen LogP contribution >= 0.6 is 23.2 Å². The number of fused-ring (bicyclic) bond motifs is 1. The Hall–Kier alpha value is -2.09. The lowest BCUT2D eigenvalue weighted by Gasteiger charge is -2.33. The molecule has 1 aliphatic heterocycles. The predicted octanol–water partition coefficient (Wildman–Crippen LogP) is 3.55. The number of hydrogen-bond donors (Lipinski definition) is 3. The number of hydrogen-bond acceptors (Lipinski definition) is 5. The molecule has 4 rings (SSSR count). The molecule has 2 aromatic rings. The van der Waals surface area contributed by atoms with Crippen molar-refractivity contribution in [1.29, 1.82) is 0 Å². The van der Waals surface area contributed by atoms with Crippen LogP contribution in [-0.2, 0) is 13.0 Å². The fraction of sp³-hybridized carbons (Fsp3) is 0.450. The minimum absolute atomic E-state index is 0.149. The highest BCUT2D eigenvalue weighted by molar-refractivity contribution is 6.42. The summed E-state index contributed by atoms with van der Waals surface area (Å²) in [6, 6.07) is 5.20. The summed E-state index contributed by atoms with van der Waals surface area (Å²) in [4.78, 5) is 23.5. The Bertz CT molecular complexity index is 920. The topological polar surface area (TPSA) is 90.4 Å². The maximum Gasteiger partial charge on any atom is 0.318 e. The van der Waals surface area contributed by atoms with Gasteiger partial charge < -0.3 is 20.6 Å². The SMILES string of the molecule is CC(NC(=O)N1CCc2cnc(NC3CC(O)C3)nc2C1)c1ccc(Cl)c(Cl)c1. The molecule has 0 saturated heterocycles. The predicted molar refractivity (Wildman–Crippen MR) is 112 cm³/mol. The van der Waals surface area contributed by atoms with Gasteiger partial charge in [0.15, 0.2) is 0 Å². The summed E-state index contributed by atoms with van der Waals surface area (Å²) in [6.07, 6.45) is 3.73. The molecule has 1 fully saturated rings. The fourth-order valence-electron chi connectivity index (χ4n) is 3.58. The average Bonchev–Trinajstić information content (AvgIpc) is 2.68. The first-order valence-electron chi connectivity index (χ1n) is 9.69. The van der Waals surface area contributed by atoms with Gasteiger partial charge >= 0.3 is 6.03 Å². The monoisotopic (exact) mass is 435 g/mol. The molecule has 1 saturated carbocycles. The molecule has 29 heavy (non-hydrogen) atoms. The Balaban J connectivity index is 1.39. The van der Waals surface area contributed by atoms with Crippen LogP contribution in [0, 0.1) is 0 Å². The van der Waals surface area contributed by atoms with E-state index in [9.17, 15) is 9.90 Å². The molecule has 1 aromatic heterocycles. The number of carbonyl (C=O) groups is 1. The second kappa shape index (κ2) is 8.34. The summed E-state index contributed by atoms with van der Waals surface area (Å²) in [6.45, 7) is 2.95. The van der Waals surface area contributed by atoms with Gasteiger partial charge in [-0.15, -0.1) is 0 Å². The Morgan fingerprint density at radius 2 is 2.10 bits per heavy atom. The summed E-state index contributed by atoms with van der Waals surface area (Å²) < 4.78 is 0. The second-order valence-electron chi connectivity index (χ2n) is 7.65. The molecule has 2 amide bonds. The van der Waals surface area contributed by atoms with Crippen LogP contribution in [0.25, 0.3) is 0 Å². The van der Waals surface area contributed by atoms with E-state index in [0.717, 1.165) is 16.8 Å². The zero-order valence-electron chi connectivity index (χ0n) is 16.0. The Morgan fingerprint density at radius 3 is 2.83 bits per heavy atom. The van der Waals surface area contributed by atoms with Gasteiger partial charge in [-0.1, -0.05) is 29.3 Å². The molecule has 154 valence electrons. The molecule has 1 aliphatic carbocycles. The van der Waals surface area contributed by atoms with Crippen LogP contribution in [0.1, 0.15) is 42.6 Å². The highest BCUT2D eigenvalue weighted by atomic mass is 35.5. The van der Waals surface area contributed by atoms with E-state index < -0.39 is 0 Å². The molecule has 3 N–H and O–H groups in total. The van der Waals surface area contributed by atoms with Crippen molar-refractivity contribution in [3.05, 3.63) is 51.3 Å². The van der Waals surface area contributed by atoms with Crippen LogP contribution in [0.2, 0.25) is 10.0 Å². The number of urea groups is 1. The summed E-state index contributed by atoms with van der Waals surface area (Å²) in [5.74, 6) is 0.548. The van der Waals surface area contributed by atoms with Crippen LogP contribution in [0.15, 0.2) is 24.4 Å². The van der Waals surface area contributed by atoms with E-state index in [4.69, 9.17) is 23.2 Å². The first-order chi connectivity index (χ1) is 13.9. The number of nitrogens with one attached hydrogen (secondary N) is 2. The van der Waals surface area contributed by atoms with E-state index in [0.29, 0.717) is 48.3 Å². The quantitative estimate of drug-likeness (QED) is 0.682. The lowest BCUT2D eigenvalue weighted by Crippen LogP contribution is -2.44. The molecule has 1 aromatic carbocycles. The smallest absolute Gasteiger partial charge is 0.318 e. The van der Waals surface area contributed by atoms with Gasteiger partial charge in [0.05, 0.1) is 34.4 Å². The van der Waals surface area contributed by atoms with E-state index in [1.165, 1.54) is 0 Å². The van der Waals surface area contributed by atoms with Crippen molar-refractivity contribution < 1.29 is 9.90 Å². The van der Waals surface area contributed by atoms with Crippen molar-refractivity contribution in [2.45, 2.75) is 50.9 Å². The molecular weight excluding hydrogens is 413 g/mol. The van der Waals surface area contributed by atoms with Crippen LogP contribution in [0.3, 0.4) is 0 Å². The Morgan fingerprint density at radius 1 is 1.31 bits per heavy atom. The summed E-state index contributed by atoms with van der Waals surface area (Å²) in [5, 5.41) is 16.6. The molecule has 0 bridgehead atoms.